The van der Waals surface area contributed by atoms with E-state index in [0.29, 0.717) is 44.5 Å². The van der Waals surface area contributed by atoms with E-state index in [4.69, 9.17) is 5.73 Å². The Bertz CT molecular complexity index is 619. The van der Waals surface area contributed by atoms with Crippen molar-refractivity contribution in [2.24, 2.45) is 11.7 Å². The van der Waals surface area contributed by atoms with Gasteiger partial charge >= 0.3 is 10.2 Å². The summed E-state index contributed by atoms with van der Waals surface area (Å²) in [5.41, 5.74) is 5.27. The van der Waals surface area contributed by atoms with Gasteiger partial charge in [-0.25, -0.2) is 8.78 Å². The molecule has 21 heavy (non-hydrogen) atoms. The number of hydrogen-bond acceptors (Lipinski definition) is 3. The number of halogens is 3. The SMILES string of the molecule is NCC1CCN(S(=O)(=O)Nc2cc(Br)c(F)cc2F)CC1. The summed E-state index contributed by atoms with van der Waals surface area (Å²) in [7, 11) is -3.86. The molecule has 1 heterocycles. The molecular formula is C12H16BrF2N3O2S. The zero-order chi connectivity index (χ0) is 15.6. The average molecular weight is 384 g/mol. The molecule has 0 atom stereocenters. The third-order valence-electron chi connectivity index (χ3n) is 3.50. The molecule has 1 aliphatic rings. The Labute approximate surface area is 130 Å². The number of nitrogens with one attached hydrogen (secondary N) is 1. The van der Waals surface area contributed by atoms with Crippen LogP contribution >= 0.6 is 15.9 Å². The van der Waals surface area contributed by atoms with Crippen molar-refractivity contribution in [1.82, 2.24) is 4.31 Å². The van der Waals surface area contributed by atoms with Crippen LogP contribution in [0.25, 0.3) is 0 Å². The molecule has 1 fully saturated rings. The highest BCUT2D eigenvalue weighted by molar-refractivity contribution is 9.10. The van der Waals surface area contributed by atoms with Gasteiger partial charge in [-0.2, -0.15) is 12.7 Å². The molecule has 1 aliphatic heterocycles. The smallest absolute Gasteiger partial charge is 0.301 e. The van der Waals surface area contributed by atoms with Crippen molar-refractivity contribution in [1.29, 1.82) is 0 Å². The highest BCUT2D eigenvalue weighted by Crippen LogP contribution is 2.26. The molecule has 5 nitrogen and oxygen atoms in total. The van der Waals surface area contributed by atoms with Gasteiger partial charge in [-0.15, -0.1) is 0 Å². The zero-order valence-corrected chi connectivity index (χ0v) is 13.6. The van der Waals surface area contributed by atoms with Crippen molar-refractivity contribution in [2.75, 3.05) is 24.4 Å². The van der Waals surface area contributed by atoms with Gasteiger partial charge in [0.05, 0.1) is 10.2 Å². The van der Waals surface area contributed by atoms with Gasteiger partial charge in [0.15, 0.2) is 0 Å². The number of benzene rings is 1. The lowest BCUT2D eigenvalue weighted by Crippen LogP contribution is -2.42. The summed E-state index contributed by atoms with van der Waals surface area (Å²) in [5, 5.41) is 0. The first-order chi connectivity index (χ1) is 9.83. The van der Waals surface area contributed by atoms with Crippen LogP contribution in [0.2, 0.25) is 0 Å². The number of hydrogen-bond donors (Lipinski definition) is 2. The first kappa shape index (κ1) is 16.6. The largest absolute Gasteiger partial charge is 0.330 e. The number of anilines is 1. The lowest BCUT2D eigenvalue weighted by Gasteiger charge is -2.30. The summed E-state index contributed by atoms with van der Waals surface area (Å²) >= 11 is 2.90. The molecule has 1 aromatic carbocycles. The Hall–Kier alpha value is -0.770. The van der Waals surface area contributed by atoms with Crippen molar-refractivity contribution < 1.29 is 17.2 Å². The summed E-state index contributed by atoms with van der Waals surface area (Å²) < 4.78 is 54.6. The van der Waals surface area contributed by atoms with Crippen molar-refractivity contribution >= 4 is 31.8 Å². The summed E-state index contributed by atoms with van der Waals surface area (Å²) in [5.74, 6) is -1.44. The minimum absolute atomic E-state index is 0.0107. The molecule has 1 aromatic rings. The van der Waals surface area contributed by atoms with Crippen molar-refractivity contribution in [3.05, 3.63) is 28.2 Å². The molecule has 0 unspecified atom stereocenters. The first-order valence-corrected chi connectivity index (χ1v) is 8.69. The number of nitrogens with two attached hydrogens (primary N) is 1. The molecule has 0 radical (unpaired) electrons. The van der Waals surface area contributed by atoms with Crippen LogP contribution in [0.15, 0.2) is 16.6 Å². The third kappa shape index (κ3) is 3.91. The van der Waals surface area contributed by atoms with Gasteiger partial charge < -0.3 is 5.73 Å². The monoisotopic (exact) mass is 383 g/mol. The number of rotatable bonds is 4. The second-order valence-electron chi connectivity index (χ2n) is 4.93. The second-order valence-corrected chi connectivity index (χ2v) is 7.46. The van der Waals surface area contributed by atoms with E-state index in [1.165, 1.54) is 4.31 Å². The van der Waals surface area contributed by atoms with E-state index >= 15 is 0 Å². The van der Waals surface area contributed by atoms with Gasteiger partial charge in [-0.1, -0.05) is 0 Å². The van der Waals surface area contributed by atoms with E-state index in [-0.39, 0.29) is 10.2 Å². The topological polar surface area (TPSA) is 75.4 Å². The van der Waals surface area contributed by atoms with E-state index < -0.39 is 21.8 Å². The highest BCUT2D eigenvalue weighted by Gasteiger charge is 2.28. The molecule has 1 saturated heterocycles. The van der Waals surface area contributed by atoms with Crippen LogP contribution in [-0.4, -0.2) is 32.4 Å². The van der Waals surface area contributed by atoms with E-state index in [2.05, 4.69) is 20.7 Å². The molecule has 0 bridgehead atoms. The minimum Gasteiger partial charge on any atom is -0.330 e. The fraction of sp³-hybridized carbons (Fsp3) is 0.500. The summed E-state index contributed by atoms with van der Waals surface area (Å²) in [4.78, 5) is 0. The molecule has 0 spiro atoms. The third-order valence-corrected chi connectivity index (χ3v) is 5.63. The fourth-order valence-corrected chi connectivity index (χ4v) is 3.79. The zero-order valence-electron chi connectivity index (χ0n) is 11.2. The van der Waals surface area contributed by atoms with Crippen LogP contribution in [-0.2, 0) is 10.2 Å². The summed E-state index contributed by atoms with van der Waals surface area (Å²) in [6.07, 6.45) is 1.35. The van der Waals surface area contributed by atoms with Gasteiger partial charge in [0.1, 0.15) is 11.6 Å². The van der Waals surface area contributed by atoms with Gasteiger partial charge in [0.2, 0.25) is 0 Å². The Morgan fingerprint density at radius 3 is 2.48 bits per heavy atom. The molecule has 118 valence electrons. The maximum atomic E-state index is 13.6. The average Bonchev–Trinajstić information content (AvgIpc) is 2.44. The quantitative estimate of drug-likeness (QED) is 0.781. The van der Waals surface area contributed by atoms with Crippen molar-refractivity contribution in [2.45, 2.75) is 12.8 Å². The van der Waals surface area contributed by atoms with Gasteiger partial charge in [0.25, 0.3) is 0 Å². The maximum Gasteiger partial charge on any atom is 0.301 e. The standard InChI is InChI=1S/C12H16BrF2N3O2S/c13-9-5-12(11(15)6-10(9)14)17-21(19,20)18-3-1-8(7-16)2-4-18/h5-6,8,17H,1-4,7,16H2. The first-order valence-electron chi connectivity index (χ1n) is 6.46. The lowest BCUT2D eigenvalue weighted by molar-refractivity contribution is 0.280. The minimum atomic E-state index is -3.86. The normalized spacial score (nSPS) is 17.9. The van der Waals surface area contributed by atoms with Crippen LogP contribution in [0.1, 0.15) is 12.8 Å². The van der Waals surface area contributed by atoms with Gasteiger partial charge in [-0.05, 0) is 47.3 Å². The van der Waals surface area contributed by atoms with Gasteiger partial charge in [-0.3, -0.25) is 4.72 Å². The Morgan fingerprint density at radius 2 is 1.90 bits per heavy atom. The lowest BCUT2D eigenvalue weighted by atomic mass is 9.99. The fourth-order valence-electron chi connectivity index (χ4n) is 2.19. The molecule has 0 saturated carbocycles. The Morgan fingerprint density at radius 1 is 1.29 bits per heavy atom. The Kier molecular flexibility index (Phi) is 5.18. The van der Waals surface area contributed by atoms with E-state index in [1.54, 1.807) is 0 Å². The van der Waals surface area contributed by atoms with Crippen LogP contribution < -0.4 is 10.5 Å². The molecule has 2 rings (SSSR count). The van der Waals surface area contributed by atoms with E-state index in [1.807, 2.05) is 0 Å². The maximum absolute atomic E-state index is 13.6. The van der Waals surface area contributed by atoms with E-state index in [0.717, 1.165) is 6.07 Å². The van der Waals surface area contributed by atoms with Crippen LogP contribution in [0.4, 0.5) is 14.5 Å². The van der Waals surface area contributed by atoms with Crippen molar-refractivity contribution in [3.8, 4) is 0 Å². The molecule has 9 heteroatoms. The van der Waals surface area contributed by atoms with Crippen molar-refractivity contribution in [3.63, 3.8) is 0 Å². The molecule has 0 aromatic heterocycles. The second kappa shape index (κ2) is 6.55. The highest BCUT2D eigenvalue weighted by atomic mass is 79.9. The number of piperidine rings is 1. The van der Waals surface area contributed by atoms with Gasteiger partial charge in [0, 0.05) is 19.2 Å². The van der Waals surface area contributed by atoms with Crippen LogP contribution in [0.5, 0.6) is 0 Å². The molecular weight excluding hydrogens is 368 g/mol. The molecule has 0 amide bonds. The summed E-state index contributed by atoms with van der Waals surface area (Å²) in [6, 6.07) is 1.69. The predicted octanol–water partition coefficient (Wildman–Crippen LogP) is 2.05. The molecule has 3 N–H and O–H groups in total. The van der Waals surface area contributed by atoms with Crippen LogP contribution in [0, 0.1) is 17.6 Å². The summed E-state index contributed by atoms with van der Waals surface area (Å²) in [6.45, 7) is 1.20. The Balaban J connectivity index is 2.13. The van der Waals surface area contributed by atoms with Crippen LogP contribution in [0.3, 0.4) is 0 Å². The number of nitrogens with zero attached hydrogens (tertiary/aromatic N) is 1. The van der Waals surface area contributed by atoms with E-state index in [9.17, 15) is 17.2 Å². The molecule has 0 aliphatic carbocycles. The predicted molar refractivity (Wildman–Crippen MR) is 80.0 cm³/mol.